The average molecular weight is 868 g/mol. The summed E-state index contributed by atoms with van der Waals surface area (Å²) >= 11 is 0. The molecule has 1 aromatic carbocycles. The molecule has 1 spiro atoms. The number of carbonyl (C=O) groups excluding carboxylic acids is 6. The fourth-order valence-corrected chi connectivity index (χ4v) is 10.4. The maximum Gasteiger partial charge on any atom is 0.509 e. The van der Waals surface area contributed by atoms with Crippen LogP contribution >= 0.6 is 0 Å². The number of carbonyl (C=O) groups is 6. The van der Waals surface area contributed by atoms with Crippen LogP contribution in [0.15, 0.2) is 53.1 Å². The van der Waals surface area contributed by atoms with Crippen molar-refractivity contribution in [2.75, 3.05) is 6.61 Å². The SMILES string of the molecule is CC(=O)O[C@@]12COC1C[C@H](O)[C@@]1(C)C(=O)[C@H](OC(=O)C3CC3)C3=C(C)[C@@H](OC(=O)[C@H](O)[C@H](C=C(C)C)NC(=O)OC(C)(C)C)[C@@H]4OC(=O)O[C@]4([C@@H](Oc4ccccc4)C21)C3(C)C. The second-order valence-corrected chi connectivity index (χ2v) is 19.3. The summed E-state index contributed by atoms with van der Waals surface area (Å²) in [6.07, 6.45) is -11.0. The lowest BCUT2D eigenvalue weighted by atomic mass is 9.44. The van der Waals surface area contributed by atoms with Crippen molar-refractivity contribution in [1.29, 1.82) is 0 Å². The predicted octanol–water partition coefficient (Wildman–Crippen LogP) is 4.19. The standard InChI is InChI=1S/C45H57NO16/c1-21(2)18-26(46-39(53)61-41(5,6)7)30(49)38(52)57-31-22(3)29-32(58-37(51)24-16-17-24)34(50)43(10)27(48)19-28-44(20-55-28,60-23(4)47)33(43)36(56-25-14-12-11-13-15-25)45(42(29,8)9)35(31)59-40(54)62-45/h11-15,18,24,26-28,30-33,35-36,48-49H,16-17,19-20H2,1-10H3,(H,46,53)/t26-,27-,28?,30+,31+,32+,33?,35-,36-,43+,44-,45+/m0/s1. The number of esters is 3. The zero-order chi connectivity index (χ0) is 45.5. The third-order valence-electron chi connectivity index (χ3n) is 13.3. The number of allylic oxidation sites excluding steroid dienone is 1. The second kappa shape index (κ2) is 15.7. The lowest BCUT2D eigenvalue weighted by molar-refractivity contribution is -0.343. The molecule has 0 radical (unpaired) electrons. The van der Waals surface area contributed by atoms with Gasteiger partial charge in [-0.2, -0.15) is 0 Å². The Hall–Kier alpha value is -5.00. The van der Waals surface area contributed by atoms with Crippen molar-refractivity contribution in [2.24, 2.45) is 22.7 Å². The summed E-state index contributed by atoms with van der Waals surface area (Å²) in [5.41, 5.74) is -7.52. The summed E-state index contributed by atoms with van der Waals surface area (Å²) < 4.78 is 49.4. The molecule has 2 saturated heterocycles. The number of ketones is 1. The van der Waals surface area contributed by atoms with E-state index in [-0.39, 0.29) is 29.9 Å². The number of aliphatic hydroxyl groups is 2. The van der Waals surface area contributed by atoms with Crippen molar-refractivity contribution in [1.82, 2.24) is 5.32 Å². The molecule has 12 atom stereocenters. The van der Waals surface area contributed by atoms with Gasteiger partial charge in [0.2, 0.25) is 5.60 Å². The summed E-state index contributed by atoms with van der Waals surface area (Å²) in [6, 6.07) is 7.01. The number of rotatable bonds is 10. The maximum atomic E-state index is 15.8. The number of benzene rings is 1. The monoisotopic (exact) mass is 867 g/mol. The van der Waals surface area contributed by atoms with E-state index >= 15 is 4.79 Å². The molecule has 1 aromatic rings. The van der Waals surface area contributed by atoms with Gasteiger partial charge in [0.15, 0.2) is 41.9 Å². The Labute approximate surface area is 359 Å². The zero-order valence-corrected chi connectivity index (χ0v) is 36.7. The number of fused-ring (bicyclic) bond motifs is 4. The van der Waals surface area contributed by atoms with Crippen LogP contribution in [-0.2, 0) is 52.3 Å². The number of nitrogens with one attached hydrogen (secondary N) is 1. The van der Waals surface area contributed by atoms with E-state index in [1.165, 1.54) is 26.8 Å². The molecule has 2 unspecified atom stereocenters. The van der Waals surface area contributed by atoms with E-state index in [0.29, 0.717) is 18.4 Å². The van der Waals surface area contributed by atoms with Crippen LogP contribution in [0, 0.1) is 22.7 Å². The molecular weight excluding hydrogens is 810 g/mol. The van der Waals surface area contributed by atoms with Crippen LogP contribution in [0.1, 0.15) is 88.5 Å². The Morgan fingerprint density at radius 3 is 2.23 bits per heavy atom. The number of amides is 1. The van der Waals surface area contributed by atoms with Crippen molar-refractivity contribution >= 4 is 35.9 Å². The molecule has 7 rings (SSSR count). The van der Waals surface area contributed by atoms with Crippen LogP contribution in [-0.4, -0.2) is 118 Å². The highest BCUT2D eigenvalue weighted by Gasteiger charge is 2.83. The number of aliphatic hydroxyl groups excluding tert-OH is 2. The molecule has 2 heterocycles. The third kappa shape index (κ3) is 7.32. The van der Waals surface area contributed by atoms with Gasteiger partial charge in [-0.1, -0.05) is 43.7 Å². The summed E-state index contributed by atoms with van der Waals surface area (Å²) in [7, 11) is 0. The largest absolute Gasteiger partial charge is 0.509 e. The zero-order valence-electron chi connectivity index (χ0n) is 36.7. The Kier molecular flexibility index (Phi) is 11.4. The Morgan fingerprint density at radius 2 is 1.66 bits per heavy atom. The van der Waals surface area contributed by atoms with Crippen LogP contribution in [0.4, 0.5) is 9.59 Å². The van der Waals surface area contributed by atoms with Crippen LogP contribution in [0.2, 0.25) is 0 Å². The normalized spacial score (nSPS) is 35.3. The first-order valence-corrected chi connectivity index (χ1v) is 21.0. The van der Waals surface area contributed by atoms with Gasteiger partial charge in [0.05, 0.1) is 36.0 Å². The van der Waals surface area contributed by atoms with Gasteiger partial charge in [0.1, 0.15) is 17.5 Å². The molecular formula is C45H57NO16. The number of para-hydroxylation sites is 1. The van der Waals surface area contributed by atoms with Gasteiger partial charge in [-0.15, -0.1) is 0 Å². The molecule has 3 saturated carbocycles. The fraction of sp³-hybridized carbons (Fsp3) is 0.644. The Balaban J connectivity index is 1.46. The molecule has 0 aromatic heterocycles. The highest BCUT2D eigenvalue weighted by Crippen LogP contribution is 2.66. The van der Waals surface area contributed by atoms with Gasteiger partial charge < -0.3 is 53.4 Å². The molecule has 1 amide bonds. The third-order valence-corrected chi connectivity index (χ3v) is 13.3. The van der Waals surface area contributed by atoms with Crippen LogP contribution in [0.3, 0.4) is 0 Å². The van der Waals surface area contributed by atoms with Crippen molar-refractivity contribution in [3.05, 3.63) is 53.1 Å². The van der Waals surface area contributed by atoms with Gasteiger partial charge in [0.25, 0.3) is 0 Å². The van der Waals surface area contributed by atoms with Gasteiger partial charge in [-0.3, -0.25) is 14.4 Å². The first-order chi connectivity index (χ1) is 28.9. The van der Waals surface area contributed by atoms with E-state index in [9.17, 15) is 34.2 Å². The molecule has 2 aliphatic heterocycles. The number of ether oxygens (including phenoxy) is 8. The lowest BCUT2D eigenvalue weighted by Gasteiger charge is -2.67. The maximum absolute atomic E-state index is 15.8. The van der Waals surface area contributed by atoms with Crippen LogP contribution < -0.4 is 10.1 Å². The summed E-state index contributed by atoms with van der Waals surface area (Å²) in [4.78, 5) is 84.0. The Bertz CT molecular complexity index is 2080. The molecule has 2 bridgehead atoms. The van der Waals surface area contributed by atoms with Gasteiger partial charge in [-0.05, 0) is 84.6 Å². The number of alkyl carbamates (subject to hydrolysis) is 1. The van der Waals surface area contributed by atoms with Crippen molar-refractivity contribution in [3.63, 3.8) is 0 Å². The molecule has 17 heteroatoms. The van der Waals surface area contributed by atoms with E-state index in [0.717, 1.165) is 0 Å². The van der Waals surface area contributed by atoms with E-state index in [1.54, 1.807) is 78.8 Å². The molecule has 4 aliphatic carbocycles. The quantitative estimate of drug-likeness (QED) is 0.170. The first kappa shape index (κ1) is 45.0. The van der Waals surface area contributed by atoms with Crippen molar-refractivity contribution in [2.45, 2.75) is 154 Å². The van der Waals surface area contributed by atoms with E-state index in [4.69, 9.17) is 37.9 Å². The minimum Gasteiger partial charge on any atom is -0.486 e. The first-order valence-electron chi connectivity index (χ1n) is 21.0. The Morgan fingerprint density at radius 1 is 1.00 bits per heavy atom. The molecule has 3 N–H and O–H groups in total. The van der Waals surface area contributed by atoms with Gasteiger partial charge >= 0.3 is 30.2 Å². The lowest BCUT2D eigenvalue weighted by Crippen LogP contribution is -2.83. The van der Waals surface area contributed by atoms with Crippen LogP contribution in [0.5, 0.6) is 5.75 Å². The van der Waals surface area contributed by atoms with Crippen LogP contribution in [0.25, 0.3) is 0 Å². The van der Waals surface area contributed by atoms with Crippen molar-refractivity contribution in [3.8, 4) is 5.75 Å². The van der Waals surface area contributed by atoms with E-state index in [2.05, 4.69) is 5.32 Å². The second-order valence-electron chi connectivity index (χ2n) is 19.3. The minimum absolute atomic E-state index is 0.0770. The molecule has 17 nitrogen and oxygen atoms in total. The number of hydrogen-bond donors (Lipinski definition) is 3. The van der Waals surface area contributed by atoms with E-state index < -0.39 is 124 Å². The van der Waals surface area contributed by atoms with Crippen molar-refractivity contribution < 1.29 is 76.9 Å². The average Bonchev–Trinajstić information content (AvgIpc) is 3.96. The molecule has 5 fully saturated rings. The van der Waals surface area contributed by atoms with Gasteiger partial charge in [0, 0.05) is 18.8 Å². The highest BCUT2D eigenvalue weighted by molar-refractivity contribution is 5.96. The molecule has 338 valence electrons. The summed E-state index contributed by atoms with van der Waals surface area (Å²) in [5.74, 6) is -5.16. The molecule has 6 aliphatic rings. The summed E-state index contributed by atoms with van der Waals surface area (Å²) in [5, 5.41) is 26.4. The smallest absolute Gasteiger partial charge is 0.486 e. The summed E-state index contributed by atoms with van der Waals surface area (Å²) in [6.45, 7) is 15.6. The number of hydrogen-bond acceptors (Lipinski definition) is 16. The predicted molar refractivity (Wildman–Crippen MR) is 214 cm³/mol. The number of Topliss-reactive ketones (excluding diaryl/α,β-unsaturated/α-hetero) is 1. The topological polar surface area (TPSA) is 229 Å². The fourth-order valence-electron chi connectivity index (χ4n) is 10.4. The highest BCUT2D eigenvalue weighted by atomic mass is 16.8. The molecule has 62 heavy (non-hydrogen) atoms. The minimum atomic E-state index is -2.15. The van der Waals surface area contributed by atoms with Gasteiger partial charge in [-0.25, -0.2) is 14.4 Å². The van der Waals surface area contributed by atoms with E-state index in [1.807, 2.05) is 0 Å².